The third-order valence-corrected chi connectivity index (χ3v) is 1.70. The number of furan rings is 1. The lowest BCUT2D eigenvalue weighted by Crippen LogP contribution is -2.47. The van der Waals surface area contributed by atoms with E-state index in [0.29, 0.717) is 5.76 Å². The zero-order valence-electron chi connectivity index (χ0n) is 9.66. The highest BCUT2D eigenvalue weighted by Crippen LogP contribution is 1.99. The largest absolute Gasteiger partial charge is 0.467 e. The first-order valence-electron chi connectivity index (χ1n) is 5.01. The van der Waals surface area contributed by atoms with Gasteiger partial charge in [-0.3, -0.25) is 9.59 Å². The number of rotatable bonds is 2. The fraction of sp³-hybridized carbons (Fsp3) is 0.455. The molecule has 0 aliphatic heterocycles. The average Bonchev–Trinajstić information content (AvgIpc) is 2.63. The predicted octanol–water partition coefficient (Wildman–Crippen LogP) is 0.810. The molecule has 0 spiro atoms. The van der Waals surface area contributed by atoms with Crippen LogP contribution in [-0.4, -0.2) is 17.4 Å². The predicted molar refractivity (Wildman–Crippen MR) is 58.5 cm³/mol. The van der Waals surface area contributed by atoms with Crippen LogP contribution in [0.3, 0.4) is 0 Å². The first kappa shape index (κ1) is 12.3. The highest BCUT2D eigenvalue weighted by molar-refractivity contribution is 6.35. The van der Waals surface area contributed by atoms with Crippen molar-refractivity contribution in [3.63, 3.8) is 0 Å². The van der Waals surface area contributed by atoms with E-state index in [1.165, 1.54) is 6.26 Å². The molecule has 88 valence electrons. The molecule has 0 unspecified atom stereocenters. The maximum absolute atomic E-state index is 11.4. The Balaban J connectivity index is 2.38. The third kappa shape index (κ3) is 4.16. The summed E-state index contributed by atoms with van der Waals surface area (Å²) in [5.41, 5.74) is -0.418. The molecular formula is C11H16N2O3. The second-order valence-corrected chi connectivity index (χ2v) is 4.47. The van der Waals surface area contributed by atoms with Crippen LogP contribution < -0.4 is 10.6 Å². The first-order chi connectivity index (χ1) is 7.38. The van der Waals surface area contributed by atoms with E-state index in [1.54, 1.807) is 12.1 Å². The van der Waals surface area contributed by atoms with Crippen LogP contribution in [0.4, 0.5) is 0 Å². The summed E-state index contributed by atoms with van der Waals surface area (Å²) in [5.74, 6) is -0.692. The SMILES string of the molecule is CC(C)(C)NC(=O)C(=O)NCc1ccco1. The van der Waals surface area contributed by atoms with Gasteiger partial charge in [-0.15, -0.1) is 0 Å². The van der Waals surface area contributed by atoms with E-state index in [0.717, 1.165) is 0 Å². The minimum atomic E-state index is -0.661. The zero-order chi connectivity index (χ0) is 12.2. The van der Waals surface area contributed by atoms with E-state index >= 15 is 0 Å². The van der Waals surface area contributed by atoms with Gasteiger partial charge in [0.25, 0.3) is 0 Å². The van der Waals surface area contributed by atoms with Crippen LogP contribution in [0.15, 0.2) is 22.8 Å². The Morgan fingerprint density at radius 1 is 1.31 bits per heavy atom. The van der Waals surface area contributed by atoms with Crippen molar-refractivity contribution < 1.29 is 14.0 Å². The summed E-state index contributed by atoms with van der Waals surface area (Å²) < 4.78 is 5.02. The van der Waals surface area contributed by atoms with E-state index in [1.807, 2.05) is 20.8 Å². The smallest absolute Gasteiger partial charge is 0.309 e. The molecule has 1 aromatic heterocycles. The number of hydrogen-bond acceptors (Lipinski definition) is 3. The van der Waals surface area contributed by atoms with Crippen LogP contribution in [0.1, 0.15) is 26.5 Å². The Morgan fingerprint density at radius 2 is 2.00 bits per heavy atom. The molecule has 2 amide bonds. The summed E-state index contributed by atoms with van der Waals surface area (Å²) in [7, 11) is 0. The summed E-state index contributed by atoms with van der Waals surface area (Å²) in [6.07, 6.45) is 1.51. The third-order valence-electron chi connectivity index (χ3n) is 1.70. The van der Waals surface area contributed by atoms with Crippen molar-refractivity contribution in [2.24, 2.45) is 0 Å². The Labute approximate surface area is 94.2 Å². The van der Waals surface area contributed by atoms with Gasteiger partial charge in [0.15, 0.2) is 0 Å². The fourth-order valence-corrected chi connectivity index (χ4v) is 1.06. The molecule has 5 nitrogen and oxygen atoms in total. The summed E-state index contributed by atoms with van der Waals surface area (Å²) >= 11 is 0. The molecule has 0 aromatic carbocycles. The molecule has 0 saturated heterocycles. The van der Waals surface area contributed by atoms with Crippen molar-refractivity contribution in [3.05, 3.63) is 24.2 Å². The molecule has 0 fully saturated rings. The minimum Gasteiger partial charge on any atom is -0.467 e. The second kappa shape index (κ2) is 4.83. The van der Waals surface area contributed by atoms with Crippen LogP contribution in [-0.2, 0) is 16.1 Å². The number of carbonyl (C=O) groups excluding carboxylic acids is 2. The number of carbonyl (C=O) groups is 2. The summed E-state index contributed by atoms with van der Waals surface area (Å²) in [4.78, 5) is 22.7. The maximum atomic E-state index is 11.4. The highest BCUT2D eigenvalue weighted by atomic mass is 16.3. The number of hydrogen-bond donors (Lipinski definition) is 2. The van der Waals surface area contributed by atoms with Gasteiger partial charge in [-0.05, 0) is 32.9 Å². The standard InChI is InChI=1S/C11H16N2O3/c1-11(2,3)13-10(15)9(14)12-7-8-5-4-6-16-8/h4-6H,7H2,1-3H3,(H,12,14)(H,13,15). The molecule has 0 saturated carbocycles. The van der Waals surface area contributed by atoms with Crippen LogP contribution in [0, 0.1) is 0 Å². The van der Waals surface area contributed by atoms with E-state index < -0.39 is 17.4 Å². The van der Waals surface area contributed by atoms with E-state index in [4.69, 9.17) is 4.42 Å². The molecule has 0 aliphatic carbocycles. The molecule has 1 rings (SSSR count). The van der Waals surface area contributed by atoms with Gasteiger partial charge in [-0.1, -0.05) is 0 Å². The molecule has 0 aliphatic rings. The molecule has 0 bridgehead atoms. The molecule has 0 atom stereocenters. The van der Waals surface area contributed by atoms with E-state index in [-0.39, 0.29) is 6.54 Å². The van der Waals surface area contributed by atoms with Gasteiger partial charge in [-0.25, -0.2) is 0 Å². The van der Waals surface area contributed by atoms with Gasteiger partial charge < -0.3 is 15.1 Å². The van der Waals surface area contributed by atoms with Crippen LogP contribution in [0.25, 0.3) is 0 Å². The average molecular weight is 224 g/mol. The molecule has 1 aromatic rings. The fourth-order valence-electron chi connectivity index (χ4n) is 1.06. The molecule has 5 heteroatoms. The molecule has 1 heterocycles. The summed E-state index contributed by atoms with van der Waals surface area (Å²) in [5, 5.41) is 5.03. The lowest BCUT2D eigenvalue weighted by atomic mass is 10.1. The van der Waals surface area contributed by atoms with Crippen LogP contribution in [0.2, 0.25) is 0 Å². The van der Waals surface area contributed by atoms with E-state index in [2.05, 4.69) is 10.6 Å². The van der Waals surface area contributed by atoms with Crippen LogP contribution >= 0.6 is 0 Å². The van der Waals surface area contributed by atoms with Gasteiger partial charge in [0.1, 0.15) is 5.76 Å². The number of nitrogens with one attached hydrogen (secondary N) is 2. The van der Waals surface area contributed by atoms with Gasteiger partial charge in [0.2, 0.25) is 0 Å². The molecule has 0 radical (unpaired) electrons. The second-order valence-electron chi connectivity index (χ2n) is 4.47. The lowest BCUT2D eigenvalue weighted by Gasteiger charge is -2.19. The van der Waals surface area contributed by atoms with Crippen molar-refractivity contribution in [1.82, 2.24) is 10.6 Å². The summed E-state index contributed by atoms with van der Waals surface area (Å²) in [6, 6.07) is 3.44. The van der Waals surface area contributed by atoms with Crippen molar-refractivity contribution in [2.75, 3.05) is 0 Å². The Bertz CT molecular complexity index is 363. The van der Waals surface area contributed by atoms with Crippen molar-refractivity contribution in [1.29, 1.82) is 0 Å². The van der Waals surface area contributed by atoms with Gasteiger partial charge in [-0.2, -0.15) is 0 Å². The number of amides is 2. The quantitative estimate of drug-likeness (QED) is 0.730. The van der Waals surface area contributed by atoms with Crippen molar-refractivity contribution in [3.8, 4) is 0 Å². The Morgan fingerprint density at radius 3 is 2.50 bits per heavy atom. The monoisotopic (exact) mass is 224 g/mol. The van der Waals surface area contributed by atoms with Gasteiger partial charge in [0, 0.05) is 5.54 Å². The Hall–Kier alpha value is -1.78. The van der Waals surface area contributed by atoms with E-state index in [9.17, 15) is 9.59 Å². The topological polar surface area (TPSA) is 71.3 Å². The Kier molecular flexibility index (Phi) is 3.71. The normalized spacial score (nSPS) is 10.9. The molecule has 2 N–H and O–H groups in total. The van der Waals surface area contributed by atoms with Crippen molar-refractivity contribution in [2.45, 2.75) is 32.9 Å². The zero-order valence-corrected chi connectivity index (χ0v) is 9.66. The minimum absolute atomic E-state index is 0.212. The molecular weight excluding hydrogens is 208 g/mol. The summed E-state index contributed by atoms with van der Waals surface area (Å²) in [6.45, 7) is 5.64. The highest BCUT2D eigenvalue weighted by Gasteiger charge is 2.19. The van der Waals surface area contributed by atoms with Gasteiger partial charge in [0.05, 0.1) is 12.8 Å². The maximum Gasteiger partial charge on any atom is 0.309 e. The van der Waals surface area contributed by atoms with Crippen molar-refractivity contribution >= 4 is 11.8 Å². The van der Waals surface area contributed by atoms with Crippen LogP contribution in [0.5, 0.6) is 0 Å². The first-order valence-corrected chi connectivity index (χ1v) is 5.01. The van der Waals surface area contributed by atoms with Gasteiger partial charge >= 0.3 is 11.8 Å². The lowest BCUT2D eigenvalue weighted by molar-refractivity contribution is -0.140. The molecule has 16 heavy (non-hydrogen) atoms.